The number of H-pyrrole nitrogens is 1. The minimum absolute atomic E-state index is 0.117. The van der Waals surface area contributed by atoms with Crippen LogP contribution in [0.15, 0.2) is 53.8 Å². The van der Waals surface area contributed by atoms with Crippen LogP contribution in [0.4, 0.5) is 5.95 Å². The Morgan fingerprint density at radius 2 is 1.90 bits per heavy atom. The van der Waals surface area contributed by atoms with Crippen LogP contribution in [0.3, 0.4) is 0 Å². The average molecular weight is 411 g/mol. The molecule has 0 aliphatic rings. The van der Waals surface area contributed by atoms with Crippen molar-refractivity contribution in [3.63, 3.8) is 0 Å². The zero-order valence-electron chi connectivity index (χ0n) is 16.8. The molecule has 3 aromatic rings. The molecule has 152 valence electrons. The van der Waals surface area contributed by atoms with Gasteiger partial charge in [0.25, 0.3) is 5.56 Å². The molecule has 0 atom stereocenters. The van der Waals surface area contributed by atoms with E-state index in [0.29, 0.717) is 24.5 Å². The molecule has 8 heteroatoms. The van der Waals surface area contributed by atoms with Gasteiger partial charge in [-0.05, 0) is 49.5 Å². The maximum absolute atomic E-state index is 12.3. The summed E-state index contributed by atoms with van der Waals surface area (Å²) in [6.07, 6.45) is 7.49. The van der Waals surface area contributed by atoms with E-state index >= 15 is 0 Å². The highest BCUT2D eigenvalue weighted by Gasteiger charge is 2.04. The Morgan fingerprint density at radius 1 is 1.10 bits per heavy atom. The lowest BCUT2D eigenvalue weighted by molar-refractivity contribution is 0.402. The molecule has 0 fully saturated rings. The summed E-state index contributed by atoms with van der Waals surface area (Å²) in [5.74, 6) is 2.25. The molecular formula is C21H26N6OS. The molecule has 0 bridgehead atoms. The lowest BCUT2D eigenvalue weighted by Gasteiger charge is -2.10. The van der Waals surface area contributed by atoms with Crippen LogP contribution in [0, 0.1) is 0 Å². The summed E-state index contributed by atoms with van der Waals surface area (Å²) in [5.41, 5.74) is 3.91. The van der Waals surface area contributed by atoms with Crippen molar-refractivity contribution in [2.75, 3.05) is 31.7 Å². The van der Waals surface area contributed by atoms with E-state index in [-0.39, 0.29) is 5.56 Å². The second-order valence-electron chi connectivity index (χ2n) is 6.99. The highest BCUT2D eigenvalue weighted by atomic mass is 32.2. The predicted octanol–water partition coefficient (Wildman–Crippen LogP) is 2.56. The van der Waals surface area contributed by atoms with E-state index in [0.717, 1.165) is 29.3 Å². The van der Waals surface area contributed by atoms with Crippen molar-refractivity contribution in [1.29, 1.82) is 0 Å². The zero-order valence-corrected chi connectivity index (χ0v) is 17.6. The number of nitrogens with zero attached hydrogens (tertiary/aromatic N) is 4. The minimum Gasteiger partial charge on any atom is -0.355 e. The Hall–Kier alpha value is -2.71. The van der Waals surface area contributed by atoms with Gasteiger partial charge >= 0.3 is 0 Å². The Bertz CT molecular complexity index is 961. The van der Waals surface area contributed by atoms with Gasteiger partial charge in [0.05, 0.1) is 5.69 Å². The molecule has 3 aromatic heterocycles. The quantitative estimate of drug-likeness (QED) is 0.497. The number of pyridine rings is 2. The van der Waals surface area contributed by atoms with Crippen LogP contribution in [-0.4, -0.2) is 51.2 Å². The Kier molecular flexibility index (Phi) is 7.77. The fourth-order valence-electron chi connectivity index (χ4n) is 2.85. The van der Waals surface area contributed by atoms with E-state index in [1.54, 1.807) is 30.4 Å². The lowest BCUT2D eigenvalue weighted by Crippen LogP contribution is -2.18. The van der Waals surface area contributed by atoms with Crippen molar-refractivity contribution in [3.05, 3.63) is 81.8 Å². The summed E-state index contributed by atoms with van der Waals surface area (Å²) in [4.78, 5) is 30.0. The second kappa shape index (κ2) is 10.7. The van der Waals surface area contributed by atoms with E-state index in [1.165, 1.54) is 5.56 Å². The lowest BCUT2D eigenvalue weighted by atomic mass is 10.1. The molecule has 0 saturated heterocycles. The van der Waals surface area contributed by atoms with Gasteiger partial charge in [0.2, 0.25) is 5.95 Å². The zero-order chi connectivity index (χ0) is 20.5. The first-order valence-corrected chi connectivity index (χ1v) is 10.6. The molecular weight excluding hydrogens is 384 g/mol. The van der Waals surface area contributed by atoms with Crippen molar-refractivity contribution in [3.8, 4) is 0 Å². The average Bonchev–Trinajstić information content (AvgIpc) is 2.70. The first-order chi connectivity index (χ1) is 14.1. The first-order valence-electron chi connectivity index (χ1n) is 9.47. The molecule has 0 saturated carbocycles. The number of nitrogens with one attached hydrogen (secondary N) is 2. The molecule has 0 aromatic carbocycles. The second-order valence-corrected chi connectivity index (χ2v) is 8.10. The van der Waals surface area contributed by atoms with Crippen LogP contribution in [-0.2, 0) is 18.7 Å². The van der Waals surface area contributed by atoms with E-state index in [4.69, 9.17) is 0 Å². The fourth-order valence-corrected chi connectivity index (χ4v) is 3.60. The van der Waals surface area contributed by atoms with E-state index in [2.05, 4.69) is 56.4 Å². The first kappa shape index (κ1) is 21.0. The normalized spacial score (nSPS) is 11.0. The number of thioether (sulfide) groups is 1. The van der Waals surface area contributed by atoms with Crippen molar-refractivity contribution < 1.29 is 0 Å². The van der Waals surface area contributed by atoms with Crippen molar-refractivity contribution >= 4 is 17.7 Å². The van der Waals surface area contributed by atoms with Crippen LogP contribution in [0.25, 0.3) is 0 Å². The molecule has 0 aliphatic carbocycles. The molecule has 2 N–H and O–H groups in total. The van der Waals surface area contributed by atoms with Crippen molar-refractivity contribution in [2.24, 2.45) is 0 Å². The van der Waals surface area contributed by atoms with Gasteiger partial charge in [-0.15, -0.1) is 0 Å². The highest BCUT2D eigenvalue weighted by Crippen LogP contribution is 2.12. The van der Waals surface area contributed by atoms with Crippen LogP contribution in [0.1, 0.15) is 22.4 Å². The smallest absolute Gasteiger partial charge is 0.255 e. The van der Waals surface area contributed by atoms with Crippen LogP contribution < -0.4 is 10.9 Å². The fraction of sp³-hybridized carbons (Fsp3) is 0.333. The summed E-state index contributed by atoms with van der Waals surface area (Å²) in [7, 11) is 4.12. The van der Waals surface area contributed by atoms with E-state index < -0.39 is 0 Å². The highest BCUT2D eigenvalue weighted by molar-refractivity contribution is 7.98. The predicted molar refractivity (Wildman–Crippen MR) is 118 cm³/mol. The number of hydrogen-bond acceptors (Lipinski definition) is 7. The van der Waals surface area contributed by atoms with Crippen molar-refractivity contribution in [2.45, 2.75) is 18.7 Å². The number of rotatable bonds is 10. The number of hydrogen-bond donors (Lipinski definition) is 2. The summed E-state index contributed by atoms with van der Waals surface area (Å²) >= 11 is 1.80. The molecule has 3 heterocycles. The third-order valence-electron chi connectivity index (χ3n) is 4.19. The molecule has 0 aliphatic heterocycles. The molecule has 0 spiro atoms. The Balaban J connectivity index is 1.43. The van der Waals surface area contributed by atoms with E-state index in [1.807, 2.05) is 18.3 Å². The Morgan fingerprint density at radius 3 is 2.66 bits per heavy atom. The van der Waals surface area contributed by atoms with Gasteiger partial charge in [-0.1, -0.05) is 0 Å². The maximum atomic E-state index is 12.3. The summed E-state index contributed by atoms with van der Waals surface area (Å²) in [6.45, 7) is 1.63. The third kappa shape index (κ3) is 6.99. The summed E-state index contributed by atoms with van der Waals surface area (Å²) in [6, 6.07) is 8.00. The standard InChI is InChI=1S/C21H26N6OS/c1-27(2)14-17-5-8-23-19(12-17)15-29-10-9-24-21-25-13-18(20(28)26-21)11-16-3-6-22-7-4-16/h3-8,12-13H,9-11,14-15H2,1-2H3,(H2,24,25,26,28). The molecule has 0 amide bonds. The molecule has 0 unspecified atom stereocenters. The van der Waals surface area contributed by atoms with Gasteiger partial charge < -0.3 is 10.2 Å². The molecule has 3 rings (SSSR count). The topological polar surface area (TPSA) is 86.8 Å². The van der Waals surface area contributed by atoms with Gasteiger partial charge in [0.1, 0.15) is 0 Å². The van der Waals surface area contributed by atoms with Crippen LogP contribution in [0.2, 0.25) is 0 Å². The summed E-state index contributed by atoms with van der Waals surface area (Å²) < 4.78 is 0. The maximum Gasteiger partial charge on any atom is 0.255 e. The number of aromatic nitrogens is 4. The largest absolute Gasteiger partial charge is 0.355 e. The van der Waals surface area contributed by atoms with Crippen LogP contribution in [0.5, 0.6) is 0 Å². The number of aromatic amines is 1. The monoisotopic (exact) mass is 410 g/mol. The summed E-state index contributed by atoms with van der Waals surface area (Å²) in [5, 5.41) is 3.18. The Labute approximate surface area is 175 Å². The molecule has 7 nitrogen and oxygen atoms in total. The third-order valence-corrected chi connectivity index (χ3v) is 5.18. The minimum atomic E-state index is -0.117. The van der Waals surface area contributed by atoms with Gasteiger partial charge in [-0.25, -0.2) is 4.98 Å². The molecule has 29 heavy (non-hydrogen) atoms. The van der Waals surface area contributed by atoms with Gasteiger partial charge in [-0.2, -0.15) is 11.8 Å². The van der Waals surface area contributed by atoms with Gasteiger partial charge in [0.15, 0.2) is 0 Å². The molecule has 0 radical (unpaired) electrons. The van der Waals surface area contributed by atoms with E-state index in [9.17, 15) is 4.79 Å². The number of anilines is 1. The SMILES string of the molecule is CN(C)Cc1ccnc(CSCCNc2ncc(Cc3ccncc3)c(=O)[nH]2)c1. The van der Waals surface area contributed by atoms with Crippen LogP contribution >= 0.6 is 11.8 Å². The van der Waals surface area contributed by atoms with Gasteiger partial charge in [-0.3, -0.25) is 19.7 Å². The van der Waals surface area contributed by atoms with Crippen molar-refractivity contribution in [1.82, 2.24) is 24.8 Å². The van der Waals surface area contributed by atoms with Gasteiger partial charge in [0, 0.05) is 61.4 Å².